The van der Waals surface area contributed by atoms with Crippen LogP contribution in [0.2, 0.25) is 0 Å². The first-order valence-corrected chi connectivity index (χ1v) is 6.58. The number of hydrogen-bond donors (Lipinski definition) is 0. The first kappa shape index (κ1) is 13.8. The van der Waals surface area contributed by atoms with Crippen LogP contribution in [0.5, 0.6) is 0 Å². The molecule has 0 atom stereocenters. The number of unbranched alkanes of at least 4 members (excludes halogenated alkanes) is 1. The first-order chi connectivity index (χ1) is 8.34. The number of likely N-dealkylation sites (tertiary alicyclic amines) is 1. The Labute approximate surface area is 105 Å². The maximum atomic E-state index is 11.7. The van der Waals surface area contributed by atoms with Crippen LogP contribution in [0.3, 0.4) is 0 Å². The standard InChI is InChI=1S/C15H23NO/c1-2-3-4-5-6-7-9-12-15(17)16-13-10-8-11-14-16/h2-3,6-7,9,12H,4-5,8,10-11,13-14H2,1H3. The summed E-state index contributed by atoms with van der Waals surface area (Å²) in [7, 11) is 0. The molecule has 0 N–H and O–H groups in total. The van der Waals surface area contributed by atoms with Gasteiger partial charge in [0.05, 0.1) is 0 Å². The van der Waals surface area contributed by atoms with Crippen LogP contribution in [0.1, 0.15) is 39.0 Å². The van der Waals surface area contributed by atoms with E-state index in [9.17, 15) is 4.79 Å². The van der Waals surface area contributed by atoms with Crippen LogP contribution in [-0.4, -0.2) is 23.9 Å². The zero-order chi connectivity index (χ0) is 12.3. The fourth-order valence-electron chi connectivity index (χ4n) is 1.89. The summed E-state index contributed by atoms with van der Waals surface area (Å²) in [6, 6.07) is 0. The van der Waals surface area contributed by atoms with Crippen LogP contribution in [0, 0.1) is 0 Å². The van der Waals surface area contributed by atoms with Crippen LogP contribution in [0.4, 0.5) is 0 Å². The summed E-state index contributed by atoms with van der Waals surface area (Å²) in [6.07, 6.45) is 17.5. The zero-order valence-electron chi connectivity index (χ0n) is 10.8. The molecule has 1 fully saturated rings. The molecule has 17 heavy (non-hydrogen) atoms. The fourth-order valence-corrected chi connectivity index (χ4v) is 1.89. The Hall–Kier alpha value is -1.31. The second-order valence-corrected chi connectivity index (χ2v) is 4.32. The normalized spacial score (nSPS) is 17.6. The van der Waals surface area contributed by atoms with Crippen molar-refractivity contribution >= 4 is 5.91 Å². The quantitative estimate of drug-likeness (QED) is 0.308. The summed E-state index contributed by atoms with van der Waals surface area (Å²) in [4.78, 5) is 13.7. The molecule has 0 radical (unpaired) electrons. The third kappa shape index (κ3) is 6.10. The molecule has 0 unspecified atom stereocenters. The summed E-state index contributed by atoms with van der Waals surface area (Å²) >= 11 is 0. The lowest BCUT2D eigenvalue weighted by atomic mass is 10.1. The molecule has 0 aromatic heterocycles. The van der Waals surface area contributed by atoms with Crippen molar-refractivity contribution in [3.63, 3.8) is 0 Å². The smallest absolute Gasteiger partial charge is 0.246 e. The van der Waals surface area contributed by atoms with Crippen molar-refractivity contribution in [2.75, 3.05) is 13.1 Å². The van der Waals surface area contributed by atoms with Crippen LogP contribution in [0.25, 0.3) is 0 Å². The molecule has 1 aliphatic heterocycles. The number of nitrogens with zero attached hydrogens (tertiary/aromatic N) is 1. The van der Waals surface area contributed by atoms with E-state index in [4.69, 9.17) is 0 Å². The predicted octanol–water partition coefficient (Wildman–Crippen LogP) is 3.47. The largest absolute Gasteiger partial charge is 0.339 e. The van der Waals surface area contributed by atoms with Crippen molar-refractivity contribution in [2.24, 2.45) is 0 Å². The van der Waals surface area contributed by atoms with Crippen LogP contribution >= 0.6 is 0 Å². The lowest BCUT2D eigenvalue weighted by Gasteiger charge is -2.25. The molecule has 1 heterocycles. The van der Waals surface area contributed by atoms with Crippen LogP contribution in [0.15, 0.2) is 36.5 Å². The summed E-state index contributed by atoms with van der Waals surface area (Å²) in [5, 5.41) is 0. The highest BCUT2D eigenvalue weighted by atomic mass is 16.2. The molecule has 1 rings (SSSR count). The summed E-state index contributed by atoms with van der Waals surface area (Å²) < 4.78 is 0. The van der Waals surface area contributed by atoms with E-state index in [1.807, 2.05) is 24.0 Å². The molecule has 2 heteroatoms. The van der Waals surface area contributed by atoms with Gasteiger partial charge in [-0.15, -0.1) is 0 Å². The molecule has 1 amide bonds. The van der Waals surface area contributed by atoms with Gasteiger partial charge in [0.2, 0.25) is 5.91 Å². The predicted molar refractivity (Wildman–Crippen MR) is 72.8 cm³/mol. The molecule has 1 saturated heterocycles. The topological polar surface area (TPSA) is 20.3 Å². The van der Waals surface area contributed by atoms with Gasteiger partial charge in [-0.05, 0) is 39.0 Å². The molecule has 0 aromatic rings. The van der Waals surface area contributed by atoms with Gasteiger partial charge in [-0.3, -0.25) is 4.79 Å². The molecule has 1 aliphatic rings. The Morgan fingerprint density at radius 2 is 1.76 bits per heavy atom. The Bertz CT molecular complexity index is 296. The van der Waals surface area contributed by atoms with Gasteiger partial charge in [-0.2, -0.15) is 0 Å². The average molecular weight is 233 g/mol. The molecule has 0 saturated carbocycles. The minimum absolute atomic E-state index is 0.155. The third-order valence-corrected chi connectivity index (χ3v) is 2.89. The summed E-state index contributed by atoms with van der Waals surface area (Å²) in [5.74, 6) is 0.155. The number of carbonyl (C=O) groups excluding carboxylic acids is 1. The van der Waals surface area contributed by atoms with E-state index in [1.54, 1.807) is 6.08 Å². The number of carbonyl (C=O) groups is 1. The van der Waals surface area contributed by atoms with E-state index in [-0.39, 0.29) is 5.91 Å². The summed E-state index contributed by atoms with van der Waals surface area (Å²) in [5.41, 5.74) is 0. The lowest BCUT2D eigenvalue weighted by molar-refractivity contribution is -0.126. The highest BCUT2D eigenvalue weighted by Gasteiger charge is 2.12. The number of rotatable bonds is 5. The number of allylic oxidation sites excluding steroid dienone is 5. The number of piperidine rings is 1. The van der Waals surface area contributed by atoms with E-state index in [2.05, 4.69) is 18.2 Å². The maximum Gasteiger partial charge on any atom is 0.246 e. The highest BCUT2D eigenvalue weighted by Crippen LogP contribution is 2.08. The molecular formula is C15H23NO. The minimum atomic E-state index is 0.155. The second kappa shape index (κ2) is 8.80. The zero-order valence-corrected chi connectivity index (χ0v) is 10.8. The van der Waals surface area contributed by atoms with E-state index >= 15 is 0 Å². The molecule has 0 bridgehead atoms. The Morgan fingerprint density at radius 3 is 2.47 bits per heavy atom. The van der Waals surface area contributed by atoms with E-state index in [0.717, 1.165) is 38.8 Å². The Balaban J connectivity index is 2.20. The maximum absolute atomic E-state index is 11.7. The van der Waals surface area contributed by atoms with Crippen molar-refractivity contribution in [1.82, 2.24) is 4.90 Å². The molecule has 2 nitrogen and oxygen atoms in total. The lowest BCUT2D eigenvalue weighted by Crippen LogP contribution is -2.34. The van der Waals surface area contributed by atoms with E-state index in [0.29, 0.717) is 0 Å². The van der Waals surface area contributed by atoms with Gasteiger partial charge in [0.25, 0.3) is 0 Å². The van der Waals surface area contributed by atoms with Crippen molar-refractivity contribution in [2.45, 2.75) is 39.0 Å². The third-order valence-electron chi connectivity index (χ3n) is 2.89. The Morgan fingerprint density at radius 1 is 1.06 bits per heavy atom. The van der Waals surface area contributed by atoms with Gasteiger partial charge in [0.15, 0.2) is 0 Å². The Kier molecular flexibility index (Phi) is 7.12. The van der Waals surface area contributed by atoms with Gasteiger partial charge in [-0.25, -0.2) is 0 Å². The SMILES string of the molecule is CC=CCCC=CC=CC(=O)N1CCCCC1. The molecule has 0 aromatic carbocycles. The van der Waals surface area contributed by atoms with Gasteiger partial charge < -0.3 is 4.90 Å². The van der Waals surface area contributed by atoms with Crippen LogP contribution in [-0.2, 0) is 4.79 Å². The number of hydrogen-bond acceptors (Lipinski definition) is 1. The molecule has 0 spiro atoms. The van der Waals surface area contributed by atoms with Crippen molar-refractivity contribution in [1.29, 1.82) is 0 Å². The first-order valence-electron chi connectivity index (χ1n) is 6.58. The van der Waals surface area contributed by atoms with Gasteiger partial charge in [0.1, 0.15) is 0 Å². The molecular weight excluding hydrogens is 210 g/mol. The highest BCUT2D eigenvalue weighted by molar-refractivity contribution is 5.87. The van der Waals surface area contributed by atoms with Gasteiger partial charge >= 0.3 is 0 Å². The summed E-state index contributed by atoms with van der Waals surface area (Å²) in [6.45, 7) is 3.88. The second-order valence-electron chi connectivity index (χ2n) is 4.32. The number of amides is 1. The fraction of sp³-hybridized carbons (Fsp3) is 0.533. The van der Waals surface area contributed by atoms with Gasteiger partial charge in [-0.1, -0.05) is 30.4 Å². The minimum Gasteiger partial charge on any atom is -0.339 e. The van der Waals surface area contributed by atoms with Gasteiger partial charge in [0, 0.05) is 19.2 Å². The van der Waals surface area contributed by atoms with Crippen molar-refractivity contribution in [3.8, 4) is 0 Å². The average Bonchev–Trinajstić information content (AvgIpc) is 2.38. The monoisotopic (exact) mass is 233 g/mol. The van der Waals surface area contributed by atoms with Crippen molar-refractivity contribution < 1.29 is 4.79 Å². The van der Waals surface area contributed by atoms with Crippen molar-refractivity contribution in [3.05, 3.63) is 36.5 Å². The molecule has 94 valence electrons. The van der Waals surface area contributed by atoms with E-state index < -0.39 is 0 Å². The van der Waals surface area contributed by atoms with Crippen LogP contribution < -0.4 is 0 Å². The van der Waals surface area contributed by atoms with E-state index in [1.165, 1.54) is 6.42 Å². The molecule has 0 aliphatic carbocycles.